The molecule has 0 amide bonds. The SMILES string of the molecule is COc1cc(=O)oc(/C=C/C=C/C=C/[C@@]2(C)O[C@]3(C)[C@@H](O)[C@@](C)(O[C@@H]3C)[C@H]2O)c1C. The fourth-order valence-electron chi connectivity index (χ4n) is 4.37. The highest BCUT2D eigenvalue weighted by atomic mass is 16.6. The van der Waals surface area contributed by atoms with Crippen LogP contribution in [0, 0.1) is 6.92 Å². The van der Waals surface area contributed by atoms with Gasteiger partial charge in [0.1, 0.15) is 40.5 Å². The maximum Gasteiger partial charge on any atom is 0.339 e. The molecule has 164 valence electrons. The Bertz CT molecular complexity index is 945. The number of rotatable bonds is 5. The van der Waals surface area contributed by atoms with Crippen LogP contribution in [-0.2, 0) is 9.47 Å². The van der Waals surface area contributed by atoms with Crippen molar-refractivity contribution < 1.29 is 28.8 Å². The van der Waals surface area contributed by atoms with Crippen LogP contribution in [0.1, 0.15) is 39.0 Å². The van der Waals surface area contributed by atoms with E-state index in [0.29, 0.717) is 11.5 Å². The van der Waals surface area contributed by atoms with Gasteiger partial charge in [0.15, 0.2) is 0 Å². The highest BCUT2D eigenvalue weighted by Gasteiger charge is 2.70. The zero-order valence-corrected chi connectivity index (χ0v) is 18.2. The molecule has 0 unspecified atom stereocenters. The van der Waals surface area contributed by atoms with Gasteiger partial charge < -0.3 is 28.8 Å². The highest BCUT2D eigenvalue weighted by molar-refractivity contribution is 5.52. The largest absolute Gasteiger partial charge is 0.496 e. The number of fused-ring (bicyclic) bond motifs is 2. The molecular formula is C23H30O7. The van der Waals surface area contributed by atoms with Crippen LogP contribution >= 0.6 is 0 Å². The smallest absolute Gasteiger partial charge is 0.339 e. The minimum absolute atomic E-state index is 0.360. The first-order valence-corrected chi connectivity index (χ1v) is 9.93. The first-order valence-electron chi connectivity index (χ1n) is 9.93. The van der Waals surface area contributed by atoms with Gasteiger partial charge in [0.05, 0.1) is 19.3 Å². The molecule has 3 heterocycles. The Morgan fingerprint density at radius 2 is 1.73 bits per heavy atom. The molecule has 6 atom stereocenters. The summed E-state index contributed by atoms with van der Waals surface area (Å²) in [6.45, 7) is 8.92. The third-order valence-corrected chi connectivity index (χ3v) is 6.28. The first kappa shape index (κ1) is 22.5. The monoisotopic (exact) mass is 418 g/mol. The van der Waals surface area contributed by atoms with E-state index in [1.807, 2.05) is 6.92 Å². The van der Waals surface area contributed by atoms with E-state index in [1.165, 1.54) is 13.2 Å². The van der Waals surface area contributed by atoms with Gasteiger partial charge >= 0.3 is 5.63 Å². The van der Waals surface area contributed by atoms with Crippen molar-refractivity contribution in [2.45, 2.75) is 69.7 Å². The minimum Gasteiger partial charge on any atom is -0.496 e. The van der Waals surface area contributed by atoms with Crippen molar-refractivity contribution >= 4 is 6.08 Å². The van der Waals surface area contributed by atoms with Gasteiger partial charge in [-0.05, 0) is 40.7 Å². The van der Waals surface area contributed by atoms with E-state index < -0.39 is 34.6 Å². The summed E-state index contributed by atoms with van der Waals surface area (Å²) in [5.74, 6) is 0.893. The van der Waals surface area contributed by atoms with E-state index in [0.717, 1.165) is 5.56 Å². The fourth-order valence-corrected chi connectivity index (χ4v) is 4.37. The molecule has 2 bridgehead atoms. The van der Waals surface area contributed by atoms with E-state index in [1.54, 1.807) is 64.2 Å². The standard InChI is InChI=1S/C23H30O7/c1-14-16(28-18(24)13-17(14)27-6)11-9-7-8-10-12-21(3)19(25)23(5)20(26)22(4,30-21)15(2)29-23/h7-13,15,19-20,25-26H,1-6H3/b8-7+,11-9+,12-10+/t15-,19+,20-,21-,22+,23+/m1/s1. The normalized spacial score (nSPS) is 38.9. The van der Waals surface area contributed by atoms with Crippen LogP contribution in [0.25, 0.3) is 6.08 Å². The molecule has 1 aromatic rings. The lowest BCUT2D eigenvalue weighted by Crippen LogP contribution is -2.69. The molecule has 0 radical (unpaired) electrons. The van der Waals surface area contributed by atoms with E-state index in [9.17, 15) is 15.0 Å². The number of hydrogen-bond donors (Lipinski definition) is 2. The number of allylic oxidation sites excluding steroid dienone is 4. The summed E-state index contributed by atoms with van der Waals surface area (Å²) in [7, 11) is 1.50. The van der Waals surface area contributed by atoms with Crippen LogP contribution < -0.4 is 10.4 Å². The highest BCUT2D eigenvalue weighted by Crippen LogP contribution is 2.52. The molecule has 0 saturated carbocycles. The number of methoxy groups -OCH3 is 1. The summed E-state index contributed by atoms with van der Waals surface area (Å²) in [5.41, 5.74) is -2.81. The quantitative estimate of drug-likeness (QED) is 0.709. The van der Waals surface area contributed by atoms with Crippen molar-refractivity contribution in [2.24, 2.45) is 0 Å². The Labute approximate surface area is 176 Å². The summed E-state index contributed by atoms with van der Waals surface area (Å²) in [5, 5.41) is 21.5. The predicted molar refractivity (Wildman–Crippen MR) is 112 cm³/mol. The van der Waals surface area contributed by atoms with Crippen molar-refractivity contribution in [3.05, 3.63) is 58.2 Å². The maximum absolute atomic E-state index is 11.6. The molecule has 0 aliphatic carbocycles. The number of hydrogen-bond acceptors (Lipinski definition) is 7. The third-order valence-electron chi connectivity index (χ3n) is 6.28. The van der Waals surface area contributed by atoms with Crippen LogP contribution in [0.15, 0.2) is 45.7 Å². The summed E-state index contributed by atoms with van der Waals surface area (Å²) < 4.78 is 22.4. The average molecular weight is 418 g/mol. The van der Waals surface area contributed by atoms with Crippen LogP contribution in [0.5, 0.6) is 5.75 Å². The van der Waals surface area contributed by atoms with E-state index in [4.69, 9.17) is 18.6 Å². The van der Waals surface area contributed by atoms with Gasteiger partial charge in [-0.25, -0.2) is 4.79 Å². The molecule has 2 fully saturated rings. The summed E-state index contributed by atoms with van der Waals surface area (Å²) in [4.78, 5) is 11.6. The number of aliphatic hydroxyl groups is 2. The van der Waals surface area contributed by atoms with Gasteiger partial charge in [0, 0.05) is 5.56 Å². The van der Waals surface area contributed by atoms with Gasteiger partial charge in [0.2, 0.25) is 0 Å². The van der Waals surface area contributed by atoms with E-state index in [-0.39, 0.29) is 6.10 Å². The predicted octanol–water partition coefficient (Wildman–Crippen LogP) is 2.53. The minimum atomic E-state index is -1.11. The molecule has 2 aliphatic heterocycles. The lowest BCUT2D eigenvalue weighted by molar-refractivity contribution is -0.261. The summed E-state index contributed by atoms with van der Waals surface area (Å²) >= 11 is 0. The van der Waals surface area contributed by atoms with Gasteiger partial charge in [-0.2, -0.15) is 0 Å². The molecule has 1 aromatic heterocycles. The molecule has 0 aromatic carbocycles. The maximum atomic E-state index is 11.6. The van der Waals surface area contributed by atoms with Crippen molar-refractivity contribution in [1.82, 2.24) is 0 Å². The second kappa shape index (κ2) is 7.81. The lowest BCUT2D eigenvalue weighted by atomic mass is 9.73. The average Bonchev–Trinajstić information content (AvgIpc) is 2.82. The number of ether oxygens (including phenoxy) is 3. The van der Waals surface area contributed by atoms with Gasteiger partial charge in [0.25, 0.3) is 0 Å². The van der Waals surface area contributed by atoms with E-state index in [2.05, 4.69) is 0 Å². The Hall–Kier alpha value is -2.19. The first-order chi connectivity index (χ1) is 14.0. The Balaban J connectivity index is 1.74. The van der Waals surface area contributed by atoms with Gasteiger partial charge in [-0.15, -0.1) is 0 Å². The zero-order valence-electron chi connectivity index (χ0n) is 18.2. The van der Waals surface area contributed by atoms with Crippen molar-refractivity contribution in [1.29, 1.82) is 0 Å². The summed E-state index contributed by atoms with van der Waals surface area (Å²) in [6, 6.07) is 1.30. The zero-order chi connectivity index (χ0) is 22.3. The fraction of sp³-hybridized carbons (Fsp3) is 0.522. The van der Waals surface area contributed by atoms with Crippen molar-refractivity contribution in [2.75, 3.05) is 7.11 Å². The third kappa shape index (κ3) is 3.56. The number of aliphatic hydroxyl groups excluding tert-OH is 2. The van der Waals surface area contributed by atoms with E-state index >= 15 is 0 Å². The molecule has 0 spiro atoms. The Kier molecular flexibility index (Phi) is 5.86. The Morgan fingerprint density at radius 3 is 2.40 bits per heavy atom. The van der Waals surface area contributed by atoms with Gasteiger partial charge in [-0.1, -0.05) is 30.4 Å². The van der Waals surface area contributed by atoms with Crippen LogP contribution in [-0.4, -0.2) is 52.4 Å². The van der Waals surface area contributed by atoms with Gasteiger partial charge in [-0.3, -0.25) is 0 Å². The van der Waals surface area contributed by atoms with Crippen LogP contribution in [0.4, 0.5) is 0 Å². The van der Waals surface area contributed by atoms with Crippen LogP contribution in [0.2, 0.25) is 0 Å². The molecule has 2 aliphatic rings. The lowest BCUT2D eigenvalue weighted by Gasteiger charge is -2.51. The summed E-state index contributed by atoms with van der Waals surface area (Å²) in [6.07, 6.45) is 8.11. The molecular weight excluding hydrogens is 388 g/mol. The molecule has 7 nitrogen and oxygen atoms in total. The molecule has 2 saturated heterocycles. The molecule has 2 N–H and O–H groups in total. The molecule has 30 heavy (non-hydrogen) atoms. The second-order valence-electron chi connectivity index (χ2n) is 8.44. The topological polar surface area (TPSA) is 98.4 Å². The molecule has 7 heteroatoms. The van der Waals surface area contributed by atoms with Crippen molar-refractivity contribution in [3.63, 3.8) is 0 Å². The Morgan fingerprint density at radius 1 is 1.07 bits per heavy atom. The van der Waals surface area contributed by atoms with Crippen molar-refractivity contribution in [3.8, 4) is 5.75 Å². The van der Waals surface area contributed by atoms with Crippen LogP contribution in [0.3, 0.4) is 0 Å². The second-order valence-corrected chi connectivity index (χ2v) is 8.44. The molecule has 3 rings (SSSR count).